The van der Waals surface area contributed by atoms with Gasteiger partial charge in [0.05, 0.1) is 12.0 Å². The quantitative estimate of drug-likeness (QED) is 0.825. The van der Waals surface area contributed by atoms with Gasteiger partial charge in [0.2, 0.25) is 0 Å². The summed E-state index contributed by atoms with van der Waals surface area (Å²) < 4.78 is 5.27. The molecule has 4 heteroatoms. The minimum atomic E-state index is 0.0382. The van der Waals surface area contributed by atoms with Crippen LogP contribution in [0.15, 0.2) is 22.8 Å². The fraction of sp³-hybridized carbons (Fsp3) is 0.300. The summed E-state index contributed by atoms with van der Waals surface area (Å²) in [4.78, 5) is 5.54. The van der Waals surface area contributed by atoms with Crippen molar-refractivity contribution in [3.05, 3.63) is 29.0 Å². The fourth-order valence-electron chi connectivity index (χ4n) is 1.34. The first-order valence-electron chi connectivity index (χ1n) is 4.45. The normalized spacial score (nSPS) is 13.1. The van der Waals surface area contributed by atoms with Crippen LogP contribution in [0.3, 0.4) is 0 Å². The lowest BCUT2D eigenvalue weighted by molar-refractivity contribution is 0.581. The van der Waals surface area contributed by atoms with Gasteiger partial charge in [-0.25, -0.2) is 4.98 Å². The van der Waals surface area contributed by atoms with E-state index in [-0.39, 0.29) is 6.04 Å². The number of hydrogen-bond acceptors (Lipinski definition) is 4. The van der Waals surface area contributed by atoms with Gasteiger partial charge in [-0.2, -0.15) is 0 Å². The molecule has 0 amide bonds. The van der Waals surface area contributed by atoms with Gasteiger partial charge in [-0.05, 0) is 26.0 Å². The predicted octanol–water partition coefficient (Wildman–Crippen LogP) is 2.73. The Bertz CT molecular complexity index is 417. The van der Waals surface area contributed by atoms with Crippen molar-refractivity contribution in [1.82, 2.24) is 4.98 Å². The third-order valence-corrected chi connectivity index (χ3v) is 3.35. The average Bonchev–Trinajstić information content (AvgIpc) is 2.70. The van der Waals surface area contributed by atoms with Gasteiger partial charge in [0.25, 0.3) is 0 Å². The maximum absolute atomic E-state index is 5.82. The highest BCUT2D eigenvalue weighted by atomic mass is 32.1. The van der Waals surface area contributed by atoms with E-state index in [4.69, 9.17) is 10.2 Å². The Labute approximate surface area is 86.6 Å². The number of thiazole rings is 1. The molecular weight excluding hydrogens is 196 g/mol. The SMILES string of the molecule is Cc1nc(-c2ccco2)sc1C(C)N. The van der Waals surface area contributed by atoms with E-state index in [2.05, 4.69) is 4.98 Å². The molecule has 3 nitrogen and oxygen atoms in total. The first-order valence-corrected chi connectivity index (χ1v) is 5.27. The van der Waals surface area contributed by atoms with Crippen molar-refractivity contribution in [2.45, 2.75) is 19.9 Å². The molecule has 0 aliphatic carbocycles. The Morgan fingerprint density at radius 2 is 2.36 bits per heavy atom. The molecule has 0 spiro atoms. The maximum atomic E-state index is 5.82. The van der Waals surface area contributed by atoms with Gasteiger partial charge >= 0.3 is 0 Å². The summed E-state index contributed by atoms with van der Waals surface area (Å²) in [6, 6.07) is 3.80. The molecule has 0 aliphatic rings. The summed E-state index contributed by atoms with van der Waals surface area (Å²) in [6.07, 6.45) is 1.65. The Morgan fingerprint density at radius 3 is 2.86 bits per heavy atom. The summed E-state index contributed by atoms with van der Waals surface area (Å²) in [5, 5.41) is 0.903. The van der Waals surface area contributed by atoms with Crippen molar-refractivity contribution < 1.29 is 4.42 Å². The second-order valence-electron chi connectivity index (χ2n) is 3.23. The van der Waals surface area contributed by atoms with E-state index in [1.54, 1.807) is 17.6 Å². The van der Waals surface area contributed by atoms with E-state index in [9.17, 15) is 0 Å². The highest BCUT2D eigenvalue weighted by molar-refractivity contribution is 7.15. The Morgan fingerprint density at radius 1 is 1.57 bits per heavy atom. The van der Waals surface area contributed by atoms with Crippen LogP contribution >= 0.6 is 11.3 Å². The van der Waals surface area contributed by atoms with Gasteiger partial charge in [0.1, 0.15) is 0 Å². The summed E-state index contributed by atoms with van der Waals surface area (Å²) in [7, 11) is 0. The molecule has 0 aromatic carbocycles. The van der Waals surface area contributed by atoms with E-state index >= 15 is 0 Å². The van der Waals surface area contributed by atoms with Crippen LogP contribution in [0.25, 0.3) is 10.8 Å². The molecule has 2 heterocycles. The van der Waals surface area contributed by atoms with Gasteiger partial charge < -0.3 is 10.2 Å². The number of rotatable bonds is 2. The van der Waals surface area contributed by atoms with E-state index < -0.39 is 0 Å². The van der Waals surface area contributed by atoms with E-state index in [0.29, 0.717) is 0 Å². The molecule has 2 aromatic heterocycles. The van der Waals surface area contributed by atoms with E-state index in [1.807, 2.05) is 26.0 Å². The summed E-state index contributed by atoms with van der Waals surface area (Å²) in [5.41, 5.74) is 6.82. The molecule has 0 saturated carbocycles. The Balaban J connectivity index is 2.43. The van der Waals surface area contributed by atoms with Crippen LogP contribution in [0.4, 0.5) is 0 Å². The van der Waals surface area contributed by atoms with Crippen molar-refractivity contribution >= 4 is 11.3 Å². The molecule has 1 unspecified atom stereocenters. The Kier molecular flexibility index (Phi) is 2.39. The molecule has 0 bridgehead atoms. The predicted molar refractivity (Wildman–Crippen MR) is 57.2 cm³/mol. The standard InChI is InChI=1S/C10H12N2OS/c1-6(11)9-7(2)12-10(14-9)8-4-3-5-13-8/h3-6H,11H2,1-2H3. The molecule has 2 aromatic rings. The molecule has 0 saturated heterocycles. The first kappa shape index (κ1) is 9.43. The Hall–Kier alpha value is -1.13. The number of aromatic nitrogens is 1. The second-order valence-corrected chi connectivity index (χ2v) is 4.27. The molecule has 1 atom stereocenters. The van der Waals surface area contributed by atoms with Crippen molar-refractivity contribution in [2.75, 3.05) is 0 Å². The number of furan rings is 1. The molecule has 2 rings (SSSR count). The van der Waals surface area contributed by atoms with Crippen molar-refractivity contribution in [1.29, 1.82) is 0 Å². The van der Waals surface area contributed by atoms with E-state index in [1.165, 1.54) is 0 Å². The summed E-state index contributed by atoms with van der Waals surface area (Å²) in [6.45, 7) is 3.94. The van der Waals surface area contributed by atoms with Crippen LogP contribution < -0.4 is 5.73 Å². The summed E-state index contributed by atoms with van der Waals surface area (Å²) in [5.74, 6) is 0.810. The number of hydrogen-bond donors (Lipinski definition) is 1. The number of nitrogens with zero attached hydrogens (tertiary/aromatic N) is 1. The monoisotopic (exact) mass is 208 g/mol. The van der Waals surface area contributed by atoms with Crippen LogP contribution in [0.2, 0.25) is 0 Å². The van der Waals surface area contributed by atoms with Crippen molar-refractivity contribution in [3.63, 3.8) is 0 Å². The van der Waals surface area contributed by atoms with Gasteiger partial charge in [-0.3, -0.25) is 0 Å². The highest BCUT2D eigenvalue weighted by Crippen LogP contribution is 2.30. The lowest BCUT2D eigenvalue weighted by Gasteiger charge is -1.99. The van der Waals surface area contributed by atoms with Crippen LogP contribution in [0, 0.1) is 6.92 Å². The maximum Gasteiger partial charge on any atom is 0.162 e. The van der Waals surface area contributed by atoms with Gasteiger partial charge in [-0.1, -0.05) is 0 Å². The summed E-state index contributed by atoms with van der Waals surface area (Å²) >= 11 is 1.60. The first-order chi connectivity index (χ1) is 6.68. The van der Waals surface area contributed by atoms with Crippen LogP contribution in [-0.4, -0.2) is 4.98 Å². The average molecular weight is 208 g/mol. The highest BCUT2D eigenvalue weighted by Gasteiger charge is 2.13. The topological polar surface area (TPSA) is 52.0 Å². The molecule has 0 aliphatic heterocycles. The van der Waals surface area contributed by atoms with Crippen LogP contribution in [0.5, 0.6) is 0 Å². The molecule has 2 N–H and O–H groups in total. The third-order valence-electron chi connectivity index (χ3n) is 1.98. The minimum Gasteiger partial charge on any atom is -0.462 e. The van der Waals surface area contributed by atoms with Crippen molar-refractivity contribution in [2.24, 2.45) is 5.73 Å². The van der Waals surface area contributed by atoms with Gasteiger partial charge in [0.15, 0.2) is 10.8 Å². The van der Waals surface area contributed by atoms with Crippen LogP contribution in [0.1, 0.15) is 23.5 Å². The zero-order chi connectivity index (χ0) is 10.1. The molecular formula is C10H12N2OS. The third kappa shape index (κ3) is 1.58. The molecule has 14 heavy (non-hydrogen) atoms. The largest absolute Gasteiger partial charge is 0.462 e. The molecule has 0 fully saturated rings. The zero-order valence-electron chi connectivity index (χ0n) is 8.15. The second kappa shape index (κ2) is 3.55. The van der Waals surface area contributed by atoms with E-state index in [0.717, 1.165) is 21.3 Å². The van der Waals surface area contributed by atoms with Crippen molar-refractivity contribution in [3.8, 4) is 10.8 Å². The fourth-order valence-corrected chi connectivity index (χ4v) is 2.32. The molecule has 74 valence electrons. The zero-order valence-corrected chi connectivity index (χ0v) is 8.97. The minimum absolute atomic E-state index is 0.0382. The smallest absolute Gasteiger partial charge is 0.162 e. The molecule has 0 radical (unpaired) electrons. The van der Waals surface area contributed by atoms with Gasteiger partial charge in [0, 0.05) is 10.9 Å². The lowest BCUT2D eigenvalue weighted by atomic mass is 10.2. The number of nitrogens with two attached hydrogens (primary N) is 1. The van der Waals surface area contributed by atoms with Gasteiger partial charge in [-0.15, -0.1) is 11.3 Å². The van der Waals surface area contributed by atoms with Crippen LogP contribution in [-0.2, 0) is 0 Å². The lowest BCUT2D eigenvalue weighted by Crippen LogP contribution is -2.03. The number of aryl methyl sites for hydroxylation is 1.